The molecule has 0 aliphatic heterocycles. The van der Waals surface area contributed by atoms with Gasteiger partial charge in [-0.15, -0.1) is 12.8 Å². The van der Waals surface area contributed by atoms with Gasteiger partial charge in [-0.05, 0) is 57.4 Å². The molecule has 8 heteroatoms. The zero-order chi connectivity index (χ0) is 25.0. The van der Waals surface area contributed by atoms with Crippen molar-refractivity contribution in [3.8, 4) is 12.8 Å². The highest BCUT2D eigenvalue weighted by Crippen LogP contribution is 2.36. The van der Waals surface area contributed by atoms with E-state index in [0.29, 0.717) is 0 Å². The average Bonchev–Trinajstić information content (AvgIpc) is 2.90. The molecule has 0 unspecified atom stereocenters. The number of aliphatic carboxylic acids is 1. The fourth-order valence-corrected chi connectivity index (χ4v) is 3.37. The van der Waals surface area contributed by atoms with E-state index in [9.17, 15) is 18.4 Å². The van der Waals surface area contributed by atoms with Gasteiger partial charge in [0.15, 0.2) is 11.6 Å². The molecule has 1 aliphatic carbocycles. The van der Waals surface area contributed by atoms with E-state index in [-0.39, 0.29) is 18.4 Å². The molecule has 2 aromatic rings. The molecule has 0 radical (unpaired) electrons. The predicted octanol–water partition coefficient (Wildman–Crippen LogP) is 5.60. The number of carbonyl (C=O) groups is 2. The molecule has 1 aromatic heterocycles. The minimum atomic E-state index is -0.829. The Morgan fingerprint density at radius 2 is 1.73 bits per heavy atom. The van der Waals surface area contributed by atoms with Gasteiger partial charge in [0, 0.05) is 17.8 Å². The van der Waals surface area contributed by atoms with Crippen molar-refractivity contribution in [3.63, 3.8) is 0 Å². The second kappa shape index (κ2) is 13.2. The van der Waals surface area contributed by atoms with Crippen molar-refractivity contribution in [2.45, 2.75) is 64.0 Å². The second-order valence-electron chi connectivity index (χ2n) is 8.32. The average molecular weight is 461 g/mol. The van der Waals surface area contributed by atoms with Gasteiger partial charge in [0.05, 0.1) is 12.5 Å². The summed E-state index contributed by atoms with van der Waals surface area (Å²) >= 11 is 0. The van der Waals surface area contributed by atoms with Crippen LogP contribution in [0.2, 0.25) is 0 Å². The minimum Gasteiger partial charge on any atom is -0.481 e. The summed E-state index contributed by atoms with van der Waals surface area (Å²) < 4.78 is 29.2. The van der Waals surface area contributed by atoms with Crippen LogP contribution in [0.4, 0.5) is 13.6 Å². The van der Waals surface area contributed by atoms with Crippen molar-refractivity contribution in [1.82, 2.24) is 10.3 Å². The van der Waals surface area contributed by atoms with Crippen LogP contribution in [0.25, 0.3) is 0 Å². The van der Waals surface area contributed by atoms with E-state index in [4.69, 9.17) is 9.84 Å². The predicted molar refractivity (Wildman–Crippen MR) is 121 cm³/mol. The van der Waals surface area contributed by atoms with E-state index in [1.54, 1.807) is 6.20 Å². The monoisotopic (exact) mass is 460 g/mol. The number of hydrogen-bond donors (Lipinski definition) is 2. The maximum absolute atomic E-state index is 12.1. The lowest BCUT2D eigenvalue weighted by molar-refractivity contribution is -0.137. The lowest BCUT2D eigenvalue weighted by Crippen LogP contribution is -2.35. The molecule has 0 spiro atoms. The molecule has 0 bridgehead atoms. The van der Waals surface area contributed by atoms with Gasteiger partial charge in [0.2, 0.25) is 0 Å². The molecule has 1 aliphatic rings. The Morgan fingerprint density at radius 3 is 2.24 bits per heavy atom. The topological polar surface area (TPSA) is 88.5 Å². The zero-order valence-electron chi connectivity index (χ0n) is 19.1. The molecular weight excluding hydrogens is 430 g/mol. The van der Waals surface area contributed by atoms with Crippen LogP contribution in [0.3, 0.4) is 0 Å². The molecule has 1 heterocycles. The van der Waals surface area contributed by atoms with Crippen LogP contribution >= 0.6 is 0 Å². The summed E-state index contributed by atoms with van der Waals surface area (Å²) in [6.45, 7) is 5.45. The fraction of sp³-hybridized carbons (Fsp3) is 0.400. The first-order valence-corrected chi connectivity index (χ1v) is 10.5. The second-order valence-corrected chi connectivity index (χ2v) is 8.32. The van der Waals surface area contributed by atoms with Crippen LogP contribution in [-0.2, 0) is 9.53 Å². The maximum atomic E-state index is 12.1. The molecule has 3 rings (SSSR count). The number of pyridine rings is 1. The van der Waals surface area contributed by atoms with Crippen molar-refractivity contribution in [2.24, 2.45) is 0 Å². The van der Waals surface area contributed by atoms with Crippen LogP contribution in [0.15, 0.2) is 42.6 Å². The first-order chi connectivity index (χ1) is 15.6. The number of nitrogens with zero attached hydrogens (tertiary/aromatic N) is 1. The van der Waals surface area contributed by atoms with E-state index >= 15 is 0 Å². The van der Waals surface area contributed by atoms with Crippen molar-refractivity contribution in [2.75, 3.05) is 0 Å². The first kappa shape index (κ1) is 27.6. The first-order valence-electron chi connectivity index (χ1n) is 10.5. The molecule has 0 saturated heterocycles. The summed E-state index contributed by atoms with van der Waals surface area (Å²) in [6.07, 6.45) is 11.6. The zero-order valence-corrected chi connectivity index (χ0v) is 19.1. The highest BCUT2D eigenvalue weighted by atomic mass is 19.2. The number of rotatable bonds is 3. The molecule has 0 fully saturated rings. The summed E-state index contributed by atoms with van der Waals surface area (Å²) in [5.74, 6) is -2.54. The number of nitrogens with one attached hydrogen (secondary N) is 1. The number of hydrogen-bond acceptors (Lipinski definition) is 4. The van der Waals surface area contributed by atoms with Crippen LogP contribution in [0.1, 0.15) is 69.7 Å². The standard InChI is InChI=1S/C17H24N2O4.C6H4F2.C2H2/c1-17(2,3)23-16(22)19-13-8-4-6-11(10-14(20)21)15-12(13)7-5-9-18-15;7-5-3-1-2-4-6(5)8;1-2/h5,7,9,11,13H,4,6,8,10H2,1-3H3,(H,19,22)(H,20,21);1-4H;1-2H/t11-,13-;;/m0../s1. The van der Waals surface area contributed by atoms with Gasteiger partial charge in [-0.1, -0.05) is 24.6 Å². The third-order valence-electron chi connectivity index (χ3n) is 4.62. The number of halogens is 2. The smallest absolute Gasteiger partial charge is 0.408 e. The van der Waals surface area contributed by atoms with E-state index < -0.39 is 29.3 Å². The Balaban J connectivity index is 0.000000454. The lowest BCUT2D eigenvalue weighted by atomic mass is 9.94. The Bertz CT molecular complexity index is 920. The summed E-state index contributed by atoms with van der Waals surface area (Å²) in [5.41, 5.74) is 1.11. The molecule has 2 atom stereocenters. The van der Waals surface area contributed by atoms with Crippen molar-refractivity contribution in [1.29, 1.82) is 0 Å². The number of aromatic nitrogens is 1. The number of amides is 1. The minimum absolute atomic E-state index is 0.0587. The quantitative estimate of drug-likeness (QED) is 0.460. The number of alkyl carbamates (subject to hydrolysis) is 1. The summed E-state index contributed by atoms with van der Waals surface area (Å²) in [7, 11) is 0. The number of carboxylic acids is 1. The number of terminal acetylenes is 1. The number of ether oxygens (including phenoxy) is 1. The molecule has 2 N–H and O–H groups in total. The maximum Gasteiger partial charge on any atom is 0.408 e. The fourth-order valence-electron chi connectivity index (χ4n) is 3.37. The number of carboxylic acid groups (broad SMARTS) is 1. The van der Waals surface area contributed by atoms with Gasteiger partial charge >= 0.3 is 12.1 Å². The highest BCUT2D eigenvalue weighted by molar-refractivity contribution is 5.69. The van der Waals surface area contributed by atoms with E-state index in [1.165, 1.54) is 12.1 Å². The normalized spacial score (nSPS) is 16.9. The molecule has 6 nitrogen and oxygen atoms in total. The van der Waals surface area contributed by atoms with Crippen LogP contribution < -0.4 is 5.32 Å². The molecule has 1 amide bonds. The van der Waals surface area contributed by atoms with Gasteiger partial charge in [-0.25, -0.2) is 13.6 Å². The van der Waals surface area contributed by atoms with Crippen LogP contribution in [-0.4, -0.2) is 27.8 Å². The lowest BCUT2D eigenvalue weighted by Gasteiger charge is -2.24. The number of fused-ring (bicyclic) bond motifs is 1. The van der Waals surface area contributed by atoms with Gasteiger partial charge in [0.1, 0.15) is 5.60 Å². The Hall–Kier alpha value is -3.47. The van der Waals surface area contributed by atoms with Crippen LogP contribution in [0, 0.1) is 24.5 Å². The van der Waals surface area contributed by atoms with Crippen molar-refractivity contribution < 1.29 is 28.2 Å². The summed E-state index contributed by atoms with van der Waals surface area (Å²) in [6, 6.07) is 8.56. The van der Waals surface area contributed by atoms with E-state index in [0.717, 1.165) is 42.7 Å². The van der Waals surface area contributed by atoms with Crippen molar-refractivity contribution in [3.05, 3.63) is 65.5 Å². The van der Waals surface area contributed by atoms with Gasteiger partial charge in [-0.3, -0.25) is 9.78 Å². The van der Waals surface area contributed by atoms with Gasteiger partial charge in [0.25, 0.3) is 0 Å². The molecule has 1 aromatic carbocycles. The highest BCUT2D eigenvalue weighted by Gasteiger charge is 2.29. The summed E-state index contributed by atoms with van der Waals surface area (Å²) in [5, 5.41) is 12.0. The number of carbonyl (C=O) groups excluding carboxylic acids is 1. The third kappa shape index (κ3) is 9.69. The SMILES string of the molecule is C#C.CC(C)(C)OC(=O)N[C@H]1CCC[C@@H](CC(=O)O)c2ncccc21.Fc1ccccc1F. The third-order valence-corrected chi connectivity index (χ3v) is 4.62. The van der Waals surface area contributed by atoms with Crippen molar-refractivity contribution >= 4 is 12.1 Å². The number of benzene rings is 1. The Kier molecular flexibility index (Phi) is 11.0. The summed E-state index contributed by atoms with van der Waals surface area (Å²) in [4.78, 5) is 27.5. The Morgan fingerprint density at radius 1 is 1.12 bits per heavy atom. The van der Waals surface area contributed by atoms with E-state index in [1.807, 2.05) is 32.9 Å². The molecule has 0 saturated carbocycles. The largest absolute Gasteiger partial charge is 0.481 e. The molecule has 178 valence electrons. The van der Waals surface area contributed by atoms with E-state index in [2.05, 4.69) is 23.1 Å². The van der Waals surface area contributed by atoms with Gasteiger partial charge < -0.3 is 15.2 Å². The molecular formula is C25H30F2N2O4. The Labute approximate surface area is 193 Å². The molecule has 33 heavy (non-hydrogen) atoms. The van der Waals surface area contributed by atoms with Crippen LogP contribution in [0.5, 0.6) is 0 Å². The van der Waals surface area contributed by atoms with Gasteiger partial charge in [-0.2, -0.15) is 0 Å².